The average molecular weight is 289 g/mol. The van der Waals surface area contributed by atoms with Gasteiger partial charge in [-0.3, -0.25) is 4.90 Å². The Bertz CT molecular complexity index is 457. The van der Waals surface area contributed by atoms with Crippen LogP contribution in [0, 0.1) is 0 Å². The van der Waals surface area contributed by atoms with Crippen LogP contribution in [0.2, 0.25) is 0 Å². The summed E-state index contributed by atoms with van der Waals surface area (Å²) in [4.78, 5) is 5.04. The van der Waals surface area contributed by atoms with Crippen molar-refractivity contribution in [2.75, 3.05) is 38.2 Å². The highest BCUT2D eigenvalue weighted by Crippen LogP contribution is 2.29. The molecule has 0 amide bonds. The van der Waals surface area contributed by atoms with Crippen molar-refractivity contribution in [3.05, 3.63) is 24.3 Å². The molecule has 2 fully saturated rings. The van der Waals surface area contributed by atoms with Crippen LogP contribution < -0.4 is 15.4 Å². The number of piperazine rings is 1. The molecule has 4 heteroatoms. The molecular weight excluding hydrogens is 262 g/mol. The second-order valence-electron chi connectivity index (χ2n) is 6.21. The molecule has 0 spiro atoms. The van der Waals surface area contributed by atoms with E-state index in [9.17, 15) is 0 Å². The molecule has 1 aromatic carbocycles. The summed E-state index contributed by atoms with van der Waals surface area (Å²) >= 11 is 0. The fraction of sp³-hybridized carbons (Fsp3) is 0.647. The largest absolute Gasteiger partial charge is 0.495 e. The van der Waals surface area contributed by atoms with E-state index in [-0.39, 0.29) is 0 Å². The summed E-state index contributed by atoms with van der Waals surface area (Å²) in [5, 5.41) is 0. The zero-order valence-corrected chi connectivity index (χ0v) is 13.0. The smallest absolute Gasteiger partial charge is 0.142 e. The van der Waals surface area contributed by atoms with Gasteiger partial charge in [-0.2, -0.15) is 0 Å². The third kappa shape index (κ3) is 3.16. The fourth-order valence-electron chi connectivity index (χ4n) is 3.78. The Morgan fingerprint density at radius 3 is 2.48 bits per heavy atom. The Hall–Kier alpha value is -1.26. The molecular formula is C17H27N3O. The van der Waals surface area contributed by atoms with Crippen molar-refractivity contribution < 1.29 is 4.74 Å². The fourth-order valence-corrected chi connectivity index (χ4v) is 3.78. The number of nitrogens with two attached hydrogens (primary N) is 1. The minimum atomic E-state index is 0.372. The first-order valence-corrected chi connectivity index (χ1v) is 8.17. The monoisotopic (exact) mass is 289 g/mol. The standard InChI is InChI=1S/C17H27N3O/c1-21-17-9-5-4-8-16(17)20-12-10-19(11-13-20)15-7-3-2-6-14(15)18/h4-5,8-9,14-15H,2-3,6-7,10-13,18H2,1H3. The molecule has 1 aliphatic heterocycles. The minimum absolute atomic E-state index is 0.372. The van der Waals surface area contributed by atoms with E-state index in [2.05, 4.69) is 21.9 Å². The lowest BCUT2D eigenvalue weighted by Gasteiger charge is -2.44. The normalized spacial score (nSPS) is 27.6. The maximum atomic E-state index is 6.33. The average Bonchev–Trinajstić information content (AvgIpc) is 2.55. The van der Waals surface area contributed by atoms with Crippen molar-refractivity contribution >= 4 is 5.69 Å². The summed E-state index contributed by atoms with van der Waals surface area (Å²) in [7, 11) is 1.75. The van der Waals surface area contributed by atoms with E-state index in [4.69, 9.17) is 10.5 Å². The van der Waals surface area contributed by atoms with E-state index in [1.165, 1.54) is 31.4 Å². The molecule has 2 aliphatic rings. The van der Waals surface area contributed by atoms with Crippen molar-refractivity contribution in [1.82, 2.24) is 4.90 Å². The molecule has 1 aromatic rings. The van der Waals surface area contributed by atoms with Gasteiger partial charge in [-0.1, -0.05) is 25.0 Å². The van der Waals surface area contributed by atoms with Crippen molar-refractivity contribution in [2.45, 2.75) is 37.8 Å². The van der Waals surface area contributed by atoms with Crippen molar-refractivity contribution in [3.8, 4) is 5.75 Å². The molecule has 2 unspecified atom stereocenters. The van der Waals surface area contributed by atoms with Gasteiger partial charge in [-0.05, 0) is 25.0 Å². The van der Waals surface area contributed by atoms with Gasteiger partial charge in [0.25, 0.3) is 0 Å². The molecule has 1 aliphatic carbocycles. The van der Waals surface area contributed by atoms with Crippen LogP contribution in [0.5, 0.6) is 5.75 Å². The third-order valence-corrected chi connectivity index (χ3v) is 4.99. The van der Waals surface area contributed by atoms with Gasteiger partial charge < -0.3 is 15.4 Å². The van der Waals surface area contributed by atoms with E-state index < -0.39 is 0 Å². The van der Waals surface area contributed by atoms with Gasteiger partial charge in [0.05, 0.1) is 12.8 Å². The number of rotatable bonds is 3. The van der Waals surface area contributed by atoms with Crippen molar-refractivity contribution in [1.29, 1.82) is 0 Å². The Labute approximate surface area is 127 Å². The third-order valence-electron chi connectivity index (χ3n) is 4.99. The number of benzene rings is 1. The quantitative estimate of drug-likeness (QED) is 0.925. The van der Waals surface area contributed by atoms with Crippen LogP contribution >= 0.6 is 0 Å². The van der Waals surface area contributed by atoms with Gasteiger partial charge in [-0.25, -0.2) is 0 Å². The molecule has 0 bridgehead atoms. The molecule has 21 heavy (non-hydrogen) atoms. The van der Waals surface area contributed by atoms with E-state index >= 15 is 0 Å². The van der Waals surface area contributed by atoms with Gasteiger partial charge in [0.1, 0.15) is 5.75 Å². The topological polar surface area (TPSA) is 41.7 Å². The summed E-state index contributed by atoms with van der Waals surface area (Å²) in [6, 6.07) is 9.27. The highest BCUT2D eigenvalue weighted by molar-refractivity contribution is 5.58. The van der Waals surface area contributed by atoms with Gasteiger partial charge in [0.2, 0.25) is 0 Å². The number of para-hydroxylation sites is 2. The predicted octanol–water partition coefficient (Wildman–Crippen LogP) is 2.09. The Morgan fingerprint density at radius 2 is 1.76 bits per heavy atom. The number of anilines is 1. The van der Waals surface area contributed by atoms with Crippen LogP contribution in [-0.2, 0) is 0 Å². The molecule has 0 aromatic heterocycles. The van der Waals surface area contributed by atoms with Crippen LogP contribution in [-0.4, -0.2) is 50.3 Å². The SMILES string of the molecule is COc1ccccc1N1CCN(C2CCCCC2N)CC1. The molecule has 0 radical (unpaired) electrons. The van der Waals surface area contributed by atoms with E-state index in [1.54, 1.807) is 7.11 Å². The summed E-state index contributed by atoms with van der Waals surface area (Å²) in [5.74, 6) is 0.973. The molecule has 2 N–H and O–H groups in total. The van der Waals surface area contributed by atoms with E-state index in [0.717, 1.165) is 31.9 Å². The Balaban J connectivity index is 1.62. The summed E-state index contributed by atoms with van der Waals surface area (Å²) in [6.45, 7) is 4.33. The second kappa shape index (κ2) is 6.67. The summed E-state index contributed by atoms with van der Waals surface area (Å²) in [5.41, 5.74) is 7.54. The molecule has 1 saturated carbocycles. The molecule has 4 nitrogen and oxygen atoms in total. The van der Waals surface area contributed by atoms with Crippen LogP contribution in [0.15, 0.2) is 24.3 Å². The van der Waals surface area contributed by atoms with Crippen LogP contribution in [0.1, 0.15) is 25.7 Å². The highest BCUT2D eigenvalue weighted by atomic mass is 16.5. The van der Waals surface area contributed by atoms with Gasteiger partial charge in [0.15, 0.2) is 0 Å². The lowest BCUT2D eigenvalue weighted by Crippen LogP contribution is -2.56. The molecule has 2 atom stereocenters. The highest BCUT2D eigenvalue weighted by Gasteiger charge is 2.30. The maximum absolute atomic E-state index is 6.33. The first-order valence-electron chi connectivity index (χ1n) is 8.17. The Morgan fingerprint density at radius 1 is 1.05 bits per heavy atom. The first kappa shape index (κ1) is 14.7. The zero-order chi connectivity index (χ0) is 14.7. The minimum Gasteiger partial charge on any atom is -0.495 e. The molecule has 116 valence electrons. The van der Waals surface area contributed by atoms with E-state index in [1.807, 2.05) is 12.1 Å². The van der Waals surface area contributed by atoms with Crippen LogP contribution in [0.3, 0.4) is 0 Å². The van der Waals surface area contributed by atoms with Gasteiger partial charge in [0, 0.05) is 38.3 Å². The van der Waals surface area contributed by atoms with E-state index in [0.29, 0.717) is 12.1 Å². The number of nitrogens with zero attached hydrogens (tertiary/aromatic N) is 2. The van der Waals surface area contributed by atoms with Crippen molar-refractivity contribution in [3.63, 3.8) is 0 Å². The number of hydrogen-bond donors (Lipinski definition) is 1. The number of methoxy groups -OCH3 is 1. The van der Waals surface area contributed by atoms with Crippen LogP contribution in [0.4, 0.5) is 5.69 Å². The van der Waals surface area contributed by atoms with Gasteiger partial charge >= 0.3 is 0 Å². The van der Waals surface area contributed by atoms with Gasteiger partial charge in [-0.15, -0.1) is 0 Å². The lowest BCUT2D eigenvalue weighted by molar-refractivity contribution is 0.130. The zero-order valence-electron chi connectivity index (χ0n) is 13.0. The second-order valence-corrected chi connectivity index (χ2v) is 6.21. The lowest BCUT2D eigenvalue weighted by atomic mass is 9.89. The Kier molecular flexibility index (Phi) is 4.66. The number of hydrogen-bond acceptors (Lipinski definition) is 4. The molecule has 1 heterocycles. The maximum Gasteiger partial charge on any atom is 0.142 e. The summed E-state index contributed by atoms with van der Waals surface area (Å²) in [6.07, 6.45) is 5.11. The molecule has 1 saturated heterocycles. The first-order chi connectivity index (χ1) is 10.3. The van der Waals surface area contributed by atoms with Crippen LogP contribution in [0.25, 0.3) is 0 Å². The number of ether oxygens (including phenoxy) is 1. The van der Waals surface area contributed by atoms with Crippen molar-refractivity contribution in [2.24, 2.45) is 5.73 Å². The predicted molar refractivity (Wildman–Crippen MR) is 87.0 cm³/mol. The summed E-state index contributed by atoms with van der Waals surface area (Å²) < 4.78 is 5.48. The molecule has 3 rings (SSSR count).